The van der Waals surface area contributed by atoms with Crippen LogP contribution in [0, 0.1) is 38.2 Å². The van der Waals surface area contributed by atoms with Crippen LogP contribution in [0.5, 0.6) is 0 Å². The van der Waals surface area contributed by atoms with Gasteiger partial charge in [0.15, 0.2) is 0 Å². The maximum absolute atomic E-state index is 7.76. The fraction of sp³-hybridized carbons (Fsp3) is 0.255. The smallest absolute Gasteiger partial charge is 0.148 e. The van der Waals surface area contributed by atoms with Crippen LogP contribution in [0.2, 0.25) is 0 Å². The Labute approximate surface area is 339 Å². The van der Waals surface area contributed by atoms with Gasteiger partial charge in [0.05, 0.1) is 15.3 Å². The van der Waals surface area contributed by atoms with Crippen LogP contribution < -0.4 is 0 Å². The van der Waals surface area contributed by atoms with E-state index in [-0.39, 0.29) is 42.1 Å². The van der Waals surface area contributed by atoms with E-state index >= 15 is 0 Å². The molecule has 53 heavy (non-hydrogen) atoms. The summed E-state index contributed by atoms with van der Waals surface area (Å²) in [5.41, 5.74) is 10.1. The number of rotatable bonds is 4. The van der Waals surface area contributed by atoms with E-state index in [1.165, 1.54) is 29.5 Å². The van der Waals surface area contributed by atoms with Crippen LogP contribution in [0.15, 0.2) is 102 Å². The first-order valence-electron chi connectivity index (χ1n) is 20.4. The summed E-state index contributed by atoms with van der Waals surface area (Å²) in [6, 6.07) is 32.4. The molecule has 0 saturated heterocycles. The number of pyridine rings is 2. The number of aryl methyl sites for hydroxylation is 3. The van der Waals surface area contributed by atoms with Gasteiger partial charge in [-0.05, 0) is 65.3 Å². The Hall–Kier alpha value is -4.48. The molecule has 0 amide bonds. The van der Waals surface area contributed by atoms with E-state index in [0.717, 1.165) is 60.4 Å². The van der Waals surface area contributed by atoms with Crippen LogP contribution in [-0.4, -0.2) is 15.0 Å². The third-order valence-electron chi connectivity index (χ3n) is 8.87. The van der Waals surface area contributed by atoms with Crippen LogP contribution in [0.4, 0.5) is 0 Å². The van der Waals surface area contributed by atoms with Gasteiger partial charge in [-0.15, -0.1) is 64.9 Å². The molecule has 6 heteroatoms. The summed E-state index contributed by atoms with van der Waals surface area (Å²) in [5.74, 6) is 0. The van der Waals surface area contributed by atoms with Crippen molar-refractivity contribution >= 4 is 43.5 Å². The SMILES string of the molecule is Cc1cnc(-c2[c-]ccc3c2oc2c3ccc3sc(C(C)(C)C)nc32)cc1CC(C)(C)C.[2H]C([2H])([2H])c1c[c-]c(-c2cc(-c3ccccc3)c(C([2H])([2H])[2H])cn2)cc1.[Ir]. The molecule has 4 aromatic heterocycles. The molecule has 0 aliphatic rings. The van der Waals surface area contributed by atoms with E-state index in [1.807, 2.05) is 42.6 Å². The molecule has 271 valence electrons. The molecule has 0 aliphatic carbocycles. The van der Waals surface area contributed by atoms with E-state index in [4.69, 9.17) is 22.6 Å². The van der Waals surface area contributed by atoms with E-state index in [0.29, 0.717) is 16.8 Å². The van der Waals surface area contributed by atoms with Crippen LogP contribution in [0.1, 0.15) is 77.0 Å². The first kappa shape index (κ1) is 30.9. The molecule has 4 heterocycles. The van der Waals surface area contributed by atoms with E-state index in [9.17, 15) is 0 Å². The summed E-state index contributed by atoms with van der Waals surface area (Å²) in [6.45, 7) is 11.1. The number of nitrogens with zero attached hydrogens (tertiary/aromatic N) is 3. The zero-order chi connectivity index (χ0) is 41.8. The van der Waals surface area contributed by atoms with Crippen molar-refractivity contribution in [3.05, 3.63) is 137 Å². The van der Waals surface area contributed by atoms with Gasteiger partial charge in [0.25, 0.3) is 0 Å². The summed E-state index contributed by atoms with van der Waals surface area (Å²) < 4.78 is 53.2. The summed E-state index contributed by atoms with van der Waals surface area (Å²) >= 11 is 1.75. The predicted octanol–water partition coefficient (Wildman–Crippen LogP) is 13.1. The minimum atomic E-state index is -2.29. The number of thiazole rings is 1. The average molecular weight is 898 g/mol. The number of hydrogen-bond donors (Lipinski definition) is 0. The molecular formula is C47H45IrN3OS-2. The second-order valence-corrected chi connectivity index (χ2v) is 16.5. The first-order valence-corrected chi connectivity index (χ1v) is 18.2. The number of aromatic nitrogens is 3. The second-order valence-electron chi connectivity index (χ2n) is 15.5. The Morgan fingerprint density at radius 1 is 0.792 bits per heavy atom. The zero-order valence-corrected chi connectivity index (χ0v) is 34.1. The summed E-state index contributed by atoms with van der Waals surface area (Å²) in [4.78, 5) is 14.0. The van der Waals surface area contributed by atoms with Crippen molar-refractivity contribution < 1.29 is 32.7 Å². The van der Waals surface area contributed by atoms with Gasteiger partial charge in [-0.3, -0.25) is 0 Å². The van der Waals surface area contributed by atoms with Crippen molar-refractivity contribution in [1.82, 2.24) is 15.0 Å². The molecule has 0 atom stereocenters. The fourth-order valence-corrected chi connectivity index (χ4v) is 7.23. The van der Waals surface area contributed by atoms with Crippen LogP contribution in [0.25, 0.3) is 65.8 Å². The van der Waals surface area contributed by atoms with Crippen LogP contribution in [0.3, 0.4) is 0 Å². The maximum Gasteiger partial charge on any atom is 0.148 e. The monoisotopic (exact) mass is 898 g/mol. The first-order chi connectivity index (χ1) is 27.2. The molecule has 0 bridgehead atoms. The molecule has 4 aromatic carbocycles. The molecule has 0 spiro atoms. The van der Waals surface area contributed by atoms with Gasteiger partial charge >= 0.3 is 0 Å². The quantitative estimate of drug-likeness (QED) is 0.165. The van der Waals surface area contributed by atoms with Crippen LogP contribution >= 0.6 is 11.3 Å². The van der Waals surface area contributed by atoms with Gasteiger partial charge in [0.2, 0.25) is 0 Å². The molecule has 0 N–H and O–H groups in total. The van der Waals surface area contributed by atoms with Gasteiger partial charge in [0.1, 0.15) is 11.1 Å². The molecule has 0 unspecified atom stereocenters. The molecule has 1 radical (unpaired) electrons. The topological polar surface area (TPSA) is 51.8 Å². The largest absolute Gasteiger partial charge is 0.498 e. The molecule has 8 rings (SSSR count). The Kier molecular flexibility index (Phi) is 8.81. The molecular weight excluding hydrogens is 847 g/mol. The Balaban J connectivity index is 0.000000199. The van der Waals surface area contributed by atoms with Crippen molar-refractivity contribution in [3.8, 4) is 33.6 Å². The summed E-state index contributed by atoms with van der Waals surface area (Å²) in [5, 5.41) is 3.30. The van der Waals surface area contributed by atoms with Crippen molar-refractivity contribution in [2.24, 2.45) is 5.41 Å². The molecule has 0 fully saturated rings. The fourth-order valence-electron chi connectivity index (χ4n) is 6.21. The molecule has 8 aromatic rings. The minimum absolute atomic E-state index is 0. The van der Waals surface area contributed by atoms with Crippen molar-refractivity contribution in [2.45, 2.75) is 74.0 Å². The normalized spacial score (nSPS) is 13.9. The van der Waals surface area contributed by atoms with E-state index in [2.05, 4.69) is 89.8 Å². The minimum Gasteiger partial charge on any atom is -0.498 e. The van der Waals surface area contributed by atoms with E-state index < -0.39 is 13.7 Å². The number of fused-ring (bicyclic) bond motifs is 5. The zero-order valence-electron chi connectivity index (χ0n) is 36.9. The van der Waals surface area contributed by atoms with E-state index in [1.54, 1.807) is 23.5 Å². The maximum atomic E-state index is 7.76. The Morgan fingerprint density at radius 2 is 1.55 bits per heavy atom. The third-order valence-corrected chi connectivity index (χ3v) is 10.3. The predicted molar refractivity (Wildman–Crippen MR) is 219 cm³/mol. The van der Waals surface area contributed by atoms with Crippen molar-refractivity contribution in [3.63, 3.8) is 0 Å². The van der Waals surface area contributed by atoms with Gasteiger partial charge in [-0.2, -0.15) is 0 Å². The standard InChI is InChI=1S/C28H29N2OS.C19H16N.Ir/c1-16-15-29-21(13-17(16)14-27(2,3)4)20-10-8-9-18-19-11-12-22-23(25(19)31-24(18)20)30-26(32-22)28(5,6)7;1-14-8-10-17(11-9-14)19-12-18(15(2)13-20-19)16-6-4-3-5-7-16;/h8-9,11-13,15H,14H2,1-7H3;3-10,12-13H,1-2H3;/q2*-1;/i;1D3,2D3;. The number of hydrogen-bond acceptors (Lipinski definition) is 5. The molecule has 0 saturated carbocycles. The molecule has 0 aliphatic heterocycles. The van der Waals surface area contributed by atoms with Gasteiger partial charge in [0, 0.05) is 51.5 Å². The number of furan rings is 1. The van der Waals surface area contributed by atoms with Crippen molar-refractivity contribution in [1.29, 1.82) is 0 Å². The van der Waals surface area contributed by atoms with Gasteiger partial charge < -0.3 is 14.4 Å². The average Bonchev–Trinajstić information content (AvgIpc) is 3.78. The third kappa shape index (κ3) is 8.21. The van der Waals surface area contributed by atoms with Crippen molar-refractivity contribution in [2.75, 3.05) is 0 Å². The summed E-state index contributed by atoms with van der Waals surface area (Å²) in [7, 11) is 0. The number of benzene rings is 4. The summed E-state index contributed by atoms with van der Waals surface area (Å²) in [6.07, 6.45) is 4.33. The van der Waals surface area contributed by atoms with Gasteiger partial charge in [-0.25, -0.2) is 4.98 Å². The Morgan fingerprint density at radius 3 is 2.25 bits per heavy atom. The molecule has 4 nitrogen and oxygen atoms in total. The van der Waals surface area contributed by atoms with Crippen LogP contribution in [-0.2, 0) is 31.9 Å². The second kappa shape index (κ2) is 15.1. The van der Waals surface area contributed by atoms with Gasteiger partial charge in [-0.1, -0.05) is 113 Å². The Bertz CT molecular complexity index is 2760.